The molecule has 1 fully saturated rings. The number of hydrogen-bond donors (Lipinski definition) is 2. The zero-order chi connectivity index (χ0) is 32.9. The summed E-state index contributed by atoms with van der Waals surface area (Å²) in [6.45, 7) is 9.44. The van der Waals surface area contributed by atoms with Crippen molar-refractivity contribution >= 4 is 34.2 Å². The second-order valence-electron chi connectivity index (χ2n) is 12.8. The Hall–Kier alpha value is -2.30. The fourth-order valence-electron chi connectivity index (χ4n) is 6.49. The first-order valence-corrected chi connectivity index (χ1v) is 17.7. The van der Waals surface area contributed by atoms with Crippen LogP contribution < -0.4 is 14.4 Å². The standard InChI is InChI=1S/C34H46ClF3N2O4S/c1-5-7-21(3)22(4)45(43)39-33(42)25-11-14-31-30(16-25)40(18-26-10-9-23(26)17-32(41)34(36,37)38)19-27(20-44-31)29-13-12-28(35)15-24(29)8-6-2/h11-16,21-23,26-27,32,41H,5-10,17-20H2,1-4H3,(H,39,42). The third-order valence-corrected chi connectivity index (χ3v) is 11.3. The summed E-state index contributed by atoms with van der Waals surface area (Å²) in [6, 6.07) is 11.0. The smallest absolute Gasteiger partial charge is 0.414 e. The third-order valence-electron chi connectivity index (χ3n) is 9.52. The molecule has 4 rings (SSSR count). The van der Waals surface area contributed by atoms with Gasteiger partial charge in [-0.25, -0.2) is 4.21 Å². The second-order valence-corrected chi connectivity index (χ2v) is 14.8. The summed E-state index contributed by atoms with van der Waals surface area (Å²) in [4.78, 5) is 15.4. The monoisotopic (exact) mass is 670 g/mol. The van der Waals surface area contributed by atoms with Crippen LogP contribution in [0.1, 0.15) is 93.6 Å². The number of amides is 1. The summed E-state index contributed by atoms with van der Waals surface area (Å²) in [7, 11) is -1.57. The number of alkyl halides is 3. The van der Waals surface area contributed by atoms with Crippen LogP contribution in [-0.4, -0.2) is 52.4 Å². The van der Waals surface area contributed by atoms with E-state index in [0.717, 1.165) is 43.2 Å². The van der Waals surface area contributed by atoms with E-state index >= 15 is 0 Å². The Morgan fingerprint density at radius 2 is 1.87 bits per heavy atom. The molecule has 1 aliphatic heterocycles. The lowest BCUT2D eigenvalue weighted by Crippen LogP contribution is -2.43. The molecule has 0 spiro atoms. The lowest BCUT2D eigenvalue weighted by Gasteiger charge is -2.42. The van der Waals surface area contributed by atoms with Crippen molar-refractivity contribution in [2.24, 2.45) is 17.8 Å². The van der Waals surface area contributed by atoms with Gasteiger partial charge in [0.25, 0.3) is 5.91 Å². The number of benzene rings is 2. The molecule has 1 heterocycles. The minimum Gasteiger partial charge on any atom is -0.491 e. The molecule has 1 aliphatic carbocycles. The minimum atomic E-state index is -4.65. The number of anilines is 1. The number of carbonyl (C=O) groups excluding carboxylic acids is 1. The molecular formula is C34H46ClF3N2O4S. The molecule has 0 aromatic heterocycles. The molecule has 0 saturated heterocycles. The highest BCUT2D eigenvalue weighted by molar-refractivity contribution is 7.84. The predicted molar refractivity (Wildman–Crippen MR) is 174 cm³/mol. The van der Waals surface area contributed by atoms with Gasteiger partial charge in [-0.05, 0) is 98.2 Å². The van der Waals surface area contributed by atoms with Gasteiger partial charge in [0, 0.05) is 29.6 Å². The van der Waals surface area contributed by atoms with E-state index in [-0.39, 0.29) is 35.3 Å². The van der Waals surface area contributed by atoms with E-state index in [1.165, 1.54) is 0 Å². The van der Waals surface area contributed by atoms with Gasteiger partial charge in [0.15, 0.2) is 0 Å². The van der Waals surface area contributed by atoms with Crippen molar-refractivity contribution in [3.05, 3.63) is 58.1 Å². The van der Waals surface area contributed by atoms with Crippen LogP contribution in [0.3, 0.4) is 0 Å². The number of nitrogens with one attached hydrogen (secondary N) is 1. The first-order valence-electron chi connectivity index (χ1n) is 16.1. The van der Waals surface area contributed by atoms with Gasteiger partial charge < -0.3 is 14.7 Å². The van der Waals surface area contributed by atoms with Crippen molar-refractivity contribution < 1.29 is 32.0 Å². The number of rotatable bonds is 13. The van der Waals surface area contributed by atoms with E-state index in [1.54, 1.807) is 18.2 Å². The number of ether oxygens (including phenoxy) is 1. The number of carbonyl (C=O) groups is 1. The Labute approximate surface area is 272 Å². The van der Waals surface area contributed by atoms with Crippen molar-refractivity contribution in [2.45, 2.75) is 96.1 Å². The Balaban J connectivity index is 1.62. The van der Waals surface area contributed by atoms with Gasteiger partial charge in [-0.1, -0.05) is 51.3 Å². The first kappa shape index (κ1) is 35.6. The van der Waals surface area contributed by atoms with Crippen LogP contribution in [0.2, 0.25) is 5.02 Å². The van der Waals surface area contributed by atoms with Crippen molar-refractivity contribution in [3.63, 3.8) is 0 Å². The summed E-state index contributed by atoms with van der Waals surface area (Å²) in [5.74, 6) is -0.0661. The van der Waals surface area contributed by atoms with Crippen LogP contribution in [0.4, 0.5) is 18.9 Å². The summed E-state index contributed by atoms with van der Waals surface area (Å²) in [6.07, 6.45) is -2.29. The summed E-state index contributed by atoms with van der Waals surface area (Å²) >= 11 is 6.34. The highest BCUT2D eigenvalue weighted by atomic mass is 35.5. The fourth-order valence-corrected chi connectivity index (χ4v) is 7.73. The fraction of sp³-hybridized carbons (Fsp3) is 0.618. The van der Waals surface area contributed by atoms with E-state index in [4.69, 9.17) is 16.3 Å². The van der Waals surface area contributed by atoms with Crippen molar-refractivity contribution in [2.75, 3.05) is 24.6 Å². The number of aliphatic hydroxyl groups excluding tert-OH is 1. The molecule has 7 unspecified atom stereocenters. The maximum atomic E-state index is 13.3. The van der Waals surface area contributed by atoms with Gasteiger partial charge in [0.2, 0.25) is 0 Å². The average molecular weight is 671 g/mol. The molecule has 11 heteroatoms. The maximum Gasteiger partial charge on any atom is 0.414 e. The average Bonchev–Trinajstić information content (AvgIpc) is 3.16. The molecule has 1 amide bonds. The quantitative estimate of drug-likeness (QED) is 0.227. The molecule has 7 atom stereocenters. The molecular weight excluding hydrogens is 625 g/mol. The van der Waals surface area contributed by atoms with Gasteiger partial charge in [0.1, 0.15) is 22.8 Å². The van der Waals surface area contributed by atoms with Crippen molar-refractivity contribution in [1.82, 2.24) is 4.72 Å². The normalized spacial score (nSPS) is 22.7. The van der Waals surface area contributed by atoms with Gasteiger partial charge in [0.05, 0.1) is 17.5 Å². The molecule has 2 aromatic rings. The van der Waals surface area contributed by atoms with Gasteiger partial charge in [-0.2, -0.15) is 13.2 Å². The second kappa shape index (κ2) is 15.5. The lowest BCUT2D eigenvalue weighted by atomic mass is 9.70. The Morgan fingerprint density at radius 1 is 1.13 bits per heavy atom. The Morgan fingerprint density at radius 3 is 2.51 bits per heavy atom. The van der Waals surface area contributed by atoms with Crippen LogP contribution in [0.5, 0.6) is 5.75 Å². The van der Waals surface area contributed by atoms with Crippen LogP contribution >= 0.6 is 11.6 Å². The molecule has 2 aromatic carbocycles. The summed E-state index contributed by atoms with van der Waals surface area (Å²) in [5, 5.41) is 10.2. The van der Waals surface area contributed by atoms with Crippen LogP contribution in [0.15, 0.2) is 36.4 Å². The summed E-state index contributed by atoms with van der Waals surface area (Å²) < 4.78 is 61.5. The highest BCUT2D eigenvalue weighted by Crippen LogP contribution is 2.44. The molecule has 0 radical (unpaired) electrons. The van der Waals surface area contributed by atoms with Crippen molar-refractivity contribution in [3.8, 4) is 5.75 Å². The van der Waals surface area contributed by atoms with Crippen LogP contribution in [0.25, 0.3) is 0 Å². The molecule has 6 nitrogen and oxygen atoms in total. The zero-order valence-electron chi connectivity index (χ0n) is 26.5. The number of aliphatic hydroxyl groups is 1. The van der Waals surface area contributed by atoms with E-state index in [2.05, 4.69) is 23.5 Å². The number of fused-ring (bicyclic) bond motifs is 1. The van der Waals surface area contributed by atoms with Crippen LogP contribution in [-0.2, 0) is 17.4 Å². The minimum absolute atomic E-state index is 0.0545. The Bertz CT molecular complexity index is 1340. The largest absolute Gasteiger partial charge is 0.491 e. The van der Waals surface area contributed by atoms with E-state index in [9.17, 15) is 27.3 Å². The molecule has 1 saturated carbocycles. The molecule has 250 valence electrons. The topological polar surface area (TPSA) is 78.9 Å². The Kier molecular flexibility index (Phi) is 12.3. The number of hydrogen-bond acceptors (Lipinski definition) is 5. The van der Waals surface area contributed by atoms with E-state index < -0.39 is 29.2 Å². The molecule has 45 heavy (non-hydrogen) atoms. The molecule has 2 N–H and O–H groups in total. The van der Waals surface area contributed by atoms with Gasteiger partial charge in [-0.3, -0.25) is 9.52 Å². The number of halogens is 4. The lowest BCUT2D eigenvalue weighted by molar-refractivity contribution is -0.211. The SMILES string of the molecule is CCCc1cc(Cl)ccc1C1COc2ccc(C(=O)NS(=O)C(C)C(C)CCC)cc2N(CC2CCC2CC(O)C(F)(F)F)C1. The van der Waals surface area contributed by atoms with Gasteiger partial charge in [-0.15, -0.1) is 0 Å². The predicted octanol–water partition coefficient (Wildman–Crippen LogP) is 7.83. The molecule has 0 bridgehead atoms. The summed E-state index contributed by atoms with van der Waals surface area (Å²) in [5.41, 5.74) is 3.25. The van der Waals surface area contributed by atoms with Crippen molar-refractivity contribution in [1.29, 1.82) is 0 Å². The van der Waals surface area contributed by atoms with E-state index in [1.807, 2.05) is 32.0 Å². The number of nitrogens with zero attached hydrogens (tertiary/aromatic N) is 1. The molecule has 2 aliphatic rings. The maximum absolute atomic E-state index is 13.3. The van der Waals surface area contributed by atoms with E-state index in [0.29, 0.717) is 48.1 Å². The third kappa shape index (κ3) is 8.95. The zero-order valence-corrected chi connectivity index (χ0v) is 28.1. The first-order chi connectivity index (χ1) is 21.3. The van der Waals surface area contributed by atoms with Crippen LogP contribution in [0, 0.1) is 17.8 Å². The highest BCUT2D eigenvalue weighted by Gasteiger charge is 2.43. The number of aryl methyl sites for hydroxylation is 1. The van der Waals surface area contributed by atoms with Gasteiger partial charge >= 0.3 is 6.18 Å².